The Morgan fingerprint density at radius 2 is 2.22 bits per heavy atom. The summed E-state index contributed by atoms with van der Waals surface area (Å²) in [4.78, 5) is 0. The van der Waals surface area contributed by atoms with Crippen molar-refractivity contribution in [3.05, 3.63) is 0 Å². The van der Waals surface area contributed by atoms with Gasteiger partial charge < -0.3 is 5.32 Å². The van der Waals surface area contributed by atoms with Crippen LogP contribution in [0.2, 0.25) is 0 Å². The minimum Gasteiger partial charge on any atom is -0.302 e. The minimum atomic E-state index is 0.502. The predicted octanol–water partition coefficient (Wildman–Crippen LogP) is 0.694. The van der Waals surface area contributed by atoms with Gasteiger partial charge in [0.05, 0.1) is 6.17 Å². The molecule has 1 aliphatic carbocycles. The van der Waals surface area contributed by atoms with Crippen LogP contribution in [0.25, 0.3) is 0 Å². The van der Waals surface area contributed by atoms with Crippen LogP contribution in [-0.4, -0.2) is 18.8 Å². The first-order valence-corrected chi connectivity index (χ1v) is 3.82. The van der Waals surface area contributed by atoms with Crippen molar-refractivity contribution in [1.29, 1.82) is 0 Å². The quantitative estimate of drug-likeness (QED) is 0.544. The maximum Gasteiger partial charge on any atom is 0.0544 e. The van der Waals surface area contributed by atoms with Crippen LogP contribution in [0.5, 0.6) is 0 Å². The molecular formula is C7H16N2. The van der Waals surface area contributed by atoms with E-state index in [1.54, 1.807) is 0 Å². The summed E-state index contributed by atoms with van der Waals surface area (Å²) in [6.45, 7) is 5.35. The molecule has 0 radical (unpaired) electrons. The first-order valence-electron chi connectivity index (χ1n) is 3.82. The van der Waals surface area contributed by atoms with Crippen LogP contribution in [0.4, 0.5) is 0 Å². The van der Waals surface area contributed by atoms with Gasteiger partial charge in [-0.05, 0) is 26.3 Å². The first kappa shape index (κ1) is 7.03. The summed E-state index contributed by atoms with van der Waals surface area (Å²) in [7, 11) is 0. The maximum absolute atomic E-state index is 3.44. The fourth-order valence-corrected chi connectivity index (χ4v) is 0.969. The van der Waals surface area contributed by atoms with Crippen LogP contribution >= 0.6 is 0 Å². The Hall–Kier alpha value is -0.0800. The maximum atomic E-state index is 3.44. The molecule has 0 spiro atoms. The van der Waals surface area contributed by atoms with Gasteiger partial charge in [0.2, 0.25) is 0 Å². The highest BCUT2D eigenvalue weighted by Crippen LogP contribution is 2.18. The van der Waals surface area contributed by atoms with Crippen molar-refractivity contribution in [2.24, 2.45) is 0 Å². The van der Waals surface area contributed by atoms with Crippen molar-refractivity contribution in [2.75, 3.05) is 6.54 Å². The average Bonchev–Trinajstić information content (AvgIpc) is 2.50. The number of nitrogens with one attached hydrogen (secondary N) is 2. The van der Waals surface area contributed by atoms with Crippen LogP contribution in [-0.2, 0) is 0 Å². The zero-order valence-corrected chi connectivity index (χ0v) is 6.28. The molecular weight excluding hydrogens is 112 g/mol. The molecule has 54 valence electrons. The van der Waals surface area contributed by atoms with Gasteiger partial charge in [-0.2, -0.15) is 0 Å². The van der Waals surface area contributed by atoms with Crippen molar-refractivity contribution < 1.29 is 0 Å². The fraction of sp³-hybridized carbons (Fsp3) is 1.00. The zero-order chi connectivity index (χ0) is 6.69. The monoisotopic (exact) mass is 128 g/mol. The average molecular weight is 128 g/mol. The Kier molecular flexibility index (Phi) is 2.49. The van der Waals surface area contributed by atoms with Gasteiger partial charge in [-0.25, -0.2) is 0 Å². The lowest BCUT2D eigenvalue weighted by Gasteiger charge is -2.12. The summed E-state index contributed by atoms with van der Waals surface area (Å²) in [5.41, 5.74) is 0. The molecule has 1 aliphatic rings. The largest absolute Gasteiger partial charge is 0.302 e. The van der Waals surface area contributed by atoms with E-state index in [4.69, 9.17) is 0 Å². The Labute approximate surface area is 57.0 Å². The molecule has 9 heavy (non-hydrogen) atoms. The number of hydrogen-bond donors (Lipinski definition) is 2. The Morgan fingerprint density at radius 3 is 2.67 bits per heavy atom. The lowest BCUT2D eigenvalue weighted by atomic mass is 10.5. The Balaban J connectivity index is 1.95. The van der Waals surface area contributed by atoms with Crippen molar-refractivity contribution in [1.82, 2.24) is 10.6 Å². The molecule has 0 amide bonds. The van der Waals surface area contributed by atoms with E-state index in [1.807, 2.05) is 0 Å². The fourth-order valence-electron chi connectivity index (χ4n) is 0.969. The molecule has 0 aromatic heterocycles. The first-order chi connectivity index (χ1) is 4.33. The molecule has 0 bridgehead atoms. The third-order valence-electron chi connectivity index (χ3n) is 1.57. The molecule has 0 saturated heterocycles. The summed E-state index contributed by atoms with van der Waals surface area (Å²) >= 11 is 0. The van der Waals surface area contributed by atoms with E-state index in [2.05, 4.69) is 24.5 Å². The van der Waals surface area contributed by atoms with Gasteiger partial charge in [0.15, 0.2) is 0 Å². The van der Waals surface area contributed by atoms with Crippen LogP contribution in [0.3, 0.4) is 0 Å². The smallest absolute Gasteiger partial charge is 0.0544 e. The van der Waals surface area contributed by atoms with Crippen LogP contribution in [0, 0.1) is 0 Å². The van der Waals surface area contributed by atoms with E-state index in [9.17, 15) is 0 Å². The van der Waals surface area contributed by atoms with E-state index < -0.39 is 0 Å². The molecule has 1 saturated carbocycles. The van der Waals surface area contributed by atoms with Gasteiger partial charge in [-0.3, -0.25) is 5.32 Å². The molecule has 2 N–H and O–H groups in total. The summed E-state index contributed by atoms with van der Waals surface area (Å²) in [5.74, 6) is 0. The highest BCUT2D eigenvalue weighted by molar-refractivity contribution is 4.82. The summed E-state index contributed by atoms with van der Waals surface area (Å²) in [6, 6.07) is 0.819. The zero-order valence-electron chi connectivity index (χ0n) is 6.28. The second-order valence-electron chi connectivity index (χ2n) is 2.72. The molecule has 1 fully saturated rings. The van der Waals surface area contributed by atoms with Gasteiger partial charge in [-0.15, -0.1) is 0 Å². The lowest BCUT2D eigenvalue weighted by Crippen LogP contribution is -2.40. The van der Waals surface area contributed by atoms with E-state index in [0.29, 0.717) is 6.17 Å². The molecule has 1 atom stereocenters. The van der Waals surface area contributed by atoms with E-state index in [0.717, 1.165) is 12.6 Å². The third kappa shape index (κ3) is 2.82. The van der Waals surface area contributed by atoms with Gasteiger partial charge in [0.25, 0.3) is 0 Å². The molecule has 2 nitrogen and oxygen atoms in total. The molecule has 2 heteroatoms. The van der Waals surface area contributed by atoms with Crippen molar-refractivity contribution >= 4 is 0 Å². The van der Waals surface area contributed by atoms with Gasteiger partial charge in [-0.1, -0.05) is 6.92 Å². The van der Waals surface area contributed by atoms with Gasteiger partial charge >= 0.3 is 0 Å². The van der Waals surface area contributed by atoms with Gasteiger partial charge in [0.1, 0.15) is 0 Å². The third-order valence-corrected chi connectivity index (χ3v) is 1.57. The minimum absolute atomic E-state index is 0.502. The number of hydrogen-bond acceptors (Lipinski definition) is 2. The lowest BCUT2D eigenvalue weighted by molar-refractivity contribution is 0.462. The highest BCUT2D eigenvalue weighted by atomic mass is 15.1. The van der Waals surface area contributed by atoms with E-state index in [-0.39, 0.29) is 0 Å². The highest BCUT2D eigenvalue weighted by Gasteiger charge is 2.21. The summed E-state index contributed by atoms with van der Waals surface area (Å²) in [6.07, 6.45) is 3.24. The topological polar surface area (TPSA) is 24.1 Å². The van der Waals surface area contributed by atoms with Crippen LogP contribution < -0.4 is 10.6 Å². The second-order valence-corrected chi connectivity index (χ2v) is 2.72. The van der Waals surface area contributed by atoms with Crippen molar-refractivity contribution in [3.63, 3.8) is 0 Å². The van der Waals surface area contributed by atoms with Crippen molar-refractivity contribution in [2.45, 2.75) is 38.9 Å². The predicted molar refractivity (Wildman–Crippen MR) is 39.3 cm³/mol. The Bertz CT molecular complexity index is 79.0. The van der Waals surface area contributed by atoms with Crippen molar-refractivity contribution in [3.8, 4) is 0 Å². The normalized spacial score (nSPS) is 22.0. The van der Waals surface area contributed by atoms with Crippen LogP contribution in [0.15, 0.2) is 0 Å². The van der Waals surface area contributed by atoms with Crippen LogP contribution in [0.1, 0.15) is 26.7 Å². The molecule has 0 aliphatic heterocycles. The molecule has 0 aromatic rings. The second kappa shape index (κ2) is 3.18. The Morgan fingerprint density at radius 1 is 1.56 bits per heavy atom. The molecule has 0 aromatic carbocycles. The van der Waals surface area contributed by atoms with E-state index in [1.165, 1.54) is 12.8 Å². The molecule has 1 unspecified atom stereocenters. The molecule has 1 rings (SSSR count). The SMILES string of the molecule is CCNC(C)NC1CC1. The summed E-state index contributed by atoms with van der Waals surface area (Å²) < 4.78 is 0. The van der Waals surface area contributed by atoms with E-state index >= 15 is 0 Å². The van der Waals surface area contributed by atoms with Gasteiger partial charge in [0, 0.05) is 6.04 Å². The number of rotatable bonds is 4. The standard InChI is InChI=1S/C7H16N2/c1-3-8-6(2)9-7-4-5-7/h6-9H,3-5H2,1-2H3. The molecule has 0 heterocycles. The summed E-state index contributed by atoms with van der Waals surface area (Å²) in [5, 5.41) is 6.75.